The lowest BCUT2D eigenvalue weighted by molar-refractivity contribution is -0.177. The second-order valence-electron chi connectivity index (χ2n) is 15.7. The van der Waals surface area contributed by atoms with Gasteiger partial charge in [-0.1, -0.05) is 57.0 Å². The molecule has 0 amide bonds. The first-order valence-corrected chi connectivity index (χ1v) is 16.2. The molecule has 3 fully saturated rings. The van der Waals surface area contributed by atoms with Crippen molar-refractivity contribution in [3.05, 3.63) is 69.4 Å². The van der Waals surface area contributed by atoms with Crippen molar-refractivity contribution >= 4 is 28.5 Å². The molecule has 5 nitrogen and oxygen atoms in total. The second-order valence-corrected chi connectivity index (χ2v) is 16.1. The lowest BCUT2D eigenvalue weighted by Crippen LogP contribution is -2.62. The van der Waals surface area contributed by atoms with Gasteiger partial charge in [-0.2, -0.15) is 0 Å². The van der Waals surface area contributed by atoms with Crippen LogP contribution in [0.15, 0.2) is 42.1 Å². The highest BCUT2D eigenvalue weighted by atomic mass is 35.5. The van der Waals surface area contributed by atoms with Crippen LogP contribution in [0.5, 0.6) is 11.5 Å². The van der Waals surface area contributed by atoms with E-state index < -0.39 is 11.4 Å². The van der Waals surface area contributed by atoms with Crippen molar-refractivity contribution < 1.29 is 20.1 Å². The third kappa shape index (κ3) is 3.61. The number of hydrogen-bond acceptors (Lipinski definition) is 3. The van der Waals surface area contributed by atoms with Gasteiger partial charge in [-0.05, 0) is 121 Å². The Morgan fingerprint density at radius 1 is 0.977 bits per heavy atom. The number of phenols is 2. The van der Waals surface area contributed by atoms with Gasteiger partial charge in [0.25, 0.3) is 0 Å². The fourth-order valence-corrected chi connectivity index (χ4v) is 10.7. The molecule has 4 N–H and O–H groups in total. The number of carboxylic acid groups (broad SMARTS) is 1. The van der Waals surface area contributed by atoms with Gasteiger partial charge < -0.3 is 20.3 Å². The van der Waals surface area contributed by atoms with Gasteiger partial charge in [0, 0.05) is 33.5 Å². The summed E-state index contributed by atoms with van der Waals surface area (Å²) in [6.07, 6.45) is 11.0. The van der Waals surface area contributed by atoms with Crippen molar-refractivity contribution in [2.75, 3.05) is 0 Å². The van der Waals surface area contributed by atoms with E-state index in [2.05, 4.69) is 51.0 Å². The molecule has 0 saturated heterocycles. The number of carbonyl (C=O) groups is 1. The molecule has 0 unspecified atom stereocenters. The van der Waals surface area contributed by atoms with E-state index in [0.29, 0.717) is 17.4 Å². The van der Waals surface area contributed by atoms with Crippen molar-refractivity contribution in [2.45, 2.75) is 97.8 Å². The number of nitrogens with one attached hydrogen (secondary N) is 1. The van der Waals surface area contributed by atoms with Gasteiger partial charge in [0.15, 0.2) is 11.5 Å². The number of fused-ring (bicyclic) bond motifs is 8. The maximum Gasteiger partial charge on any atom is 0.309 e. The van der Waals surface area contributed by atoms with E-state index >= 15 is 0 Å². The quantitative estimate of drug-likeness (QED) is 0.174. The largest absolute Gasteiger partial charge is 0.504 e. The van der Waals surface area contributed by atoms with Gasteiger partial charge in [0.05, 0.1) is 5.41 Å². The summed E-state index contributed by atoms with van der Waals surface area (Å²) in [5, 5.41) is 34.1. The van der Waals surface area contributed by atoms with Crippen LogP contribution in [0, 0.1) is 34.5 Å². The Hall–Kier alpha value is -2.92. The number of aromatic amines is 1. The molecule has 1 heterocycles. The molecule has 43 heavy (non-hydrogen) atoms. The molecule has 0 aliphatic heterocycles. The number of rotatable bonds is 2. The Labute approximate surface area is 259 Å². The van der Waals surface area contributed by atoms with Crippen molar-refractivity contribution in [1.82, 2.24) is 4.98 Å². The molecule has 0 spiro atoms. The van der Waals surface area contributed by atoms with Crippen LogP contribution in [0.2, 0.25) is 5.02 Å². The number of halogens is 1. The number of allylic oxidation sites excluding steroid dienone is 2. The van der Waals surface area contributed by atoms with Crippen LogP contribution in [0.4, 0.5) is 0 Å². The molecule has 1 aromatic heterocycles. The smallest absolute Gasteiger partial charge is 0.309 e. The zero-order chi connectivity index (χ0) is 30.9. The SMILES string of the molecule is Cc1c(O)c(O)cc2c1[C@H](c1c[nH]c3cc(Cl)ccc13)C=C1[C@@]2(C)CC[C@@]2(C)[C@@H]3C[C@](C)(C(=O)O)CC[C@]3(C)CC[C@]12C. The monoisotopic (exact) mass is 601 g/mol. The molecule has 3 saturated carbocycles. The van der Waals surface area contributed by atoms with E-state index in [4.69, 9.17) is 11.6 Å². The van der Waals surface area contributed by atoms with Crippen LogP contribution in [-0.2, 0) is 10.2 Å². The van der Waals surface area contributed by atoms with Crippen LogP contribution in [0.1, 0.15) is 108 Å². The zero-order valence-corrected chi connectivity index (χ0v) is 27.0. The Morgan fingerprint density at radius 3 is 2.42 bits per heavy atom. The van der Waals surface area contributed by atoms with E-state index in [0.717, 1.165) is 71.7 Å². The van der Waals surface area contributed by atoms with Gasteiger partial charge in [-0.25, -0.2) is 0 Å². The number of benzene rings is 2. The van der Waals surface area contributed by atoms with Gasteiger partial charge in [-0.15, -0.1) is 0 Å². The number of aliphatic carboxylic acids is 1. The first-order valence-electron chi connectivity index (χ1n) is 15.9. The van der Waals surface area contributed by atoms with Crippen LogP contribution in [-0.4, -0.2) is 26.3 Å². The normalized spacial score (nSPS) is 38.4. The van der Waals surface area contributed by atoms with Crippen molar-refractivity contribution in [2.24, 2.45) is 27.6 Å². The van der Waals surface area contributed by atoms with Gasteiger partial charge in [-0.3, -0.25) is 4.79 Å². The van der Waals surface area contributed by atoms with E-state index in [-0.39, 0.29) is 39.1 Å². The molecule has 6 heteroatoms. The topological polar surface area (TPSA) is 93.5 Å². The molecule has 0 bridgehead atoms. The van der Waals surface area contributed by atoms with Crippen molar-refractivity contribution in [3.63, 3.8) is 0 Å². The molecule has 0 radical (unpaired) electrons. The summed E-state index contributed by atoms with van der Waals surface area (Å²) in [4.78, 5) is 16.0. The highest BCUT2D eigenvalue weighted by molar-refractivity contribution is 6.31. The Morgan fingerprint density at radius 2 is 1.70 bits per heavy atom. The molecule has 3 aromatic rings. The van der Waals surface area contributed by atoms with Crippen molar-refractivity contribution in [1.29, 1.82) is 0 Å². The van der Waals surface area contributed by atoms with Crippen LogP contribution < -0.4 is 0 Å². The number of phenolic OH excluding ortho intramolecular Hbond substituents is 2. The Kier molecular flexibility index (Phi) is 5.92. The number of aromatic hydroxyl groups is 2. The van der Waals surface area contributed by atoms with Gasteiger partial charge in [0.2, 0.25) is 0 Å². The molecule has 7 rings (SSSR count). The molecular formula is C37H44ClNO4. The highest BCUT2D eigenvalue weighted by Gasteiger charge is 2.67. The zero-order valence-electron chi connectivity index (χ0n) is 26.2. The maximum absolute atomic E-state index is 12.5. The summed E-state index contributed by atoms with van der Waals surface area (Å²) in [5.74, 6) is -0.612. The summed E-state index contributed by atoms with van der Waals surface area (Å²) >= 11 is 6.35. The lowest BCUT2D eigenvalue weighted by Gasteiger charge is -2.70. The number of H-pyrrole nitrogens is 1. The van der Waals surface area contributed by atoms with E-state index in [1.165, 1.54) is 5.57 Å². The molecular weight excluding hydrogens is 558 g/mol. The second kappa shape index (κ2) is 8.84. The minimum Gasteiger partial charge on any atom is -0.504 e. The summed E-state index contributed by atoms with van der Waals surface area (Å²) in [5.41, 5.74) is 5.27. The number of aromatic nitrogens is 1. The van der Waals surface area contributed by atoms with Crippen LogP contribution in [0.25, 0.3) is 10.9 Å². The average molecular weight is 602 g/mol. The number of carboxylic acids is 1. The Bertz CT molecular complexity index is 1740. The third-order valence-corrected chi connectivity index (χ3v) is 13.9. The number of hydrogen-bond donors (Lipinski definition) is 4. The molecule has 2 aromatic carbocycles. The predicted octanol–water partition coefficient (Wildman–Crippen LogP) is 9.37. The average Bonchev–Trinajstić information content (AvgIpc) is 3.37. The van der Waals surface area contributed by atoms with E-state index in [1.54, 1.807) is 0 Å². The minimum absolute atomic E-state index is 0.0532. The Balaban J connectivity index is 1.46. The third-order valence-electron chi connectivity index (χ3n) is 13.6. The molecule has 4 aliphatic rings. The van der Waals surface area contributed by atoms with Crippen molar-refractivity contribution in [3.8, 4) is 11.5 Å². The van der Waals surface area contributed by atoms with Gasteiger partial charge >= 0.3 is 5.97 Å². The lowest BCUT2D eigenvalue weighted by atomic mass is 9.34. The first-order chi connectivity index (χ1) is 20.1. The standard InChI is InChI=1S/C37H44ClNO4/c1-20-30-23(24-19-39-26-15-21(38)7-8-22(24)26)16-28-35(4,25(30)17-27(40)31(20)41)12-14-37(6)29-18-34(3,32(42)43)10-9-33(29,2)11-13-36(28,37)5/h7-8,15-17,19,23,29,39-41H,9-14,18H2,1-6H3,(H,42,43)/t23-,29+,33+,34+,35-,36+,37-/m0/s1. The summed E-state index contributed by atoms with van der Waals surface area (Å²) < 4.78 is 0. The first kappa shape index (κ1) is 28.8. The summed E-state index contributed by atoms with van der Waals surface area (Å²) in [7, 11) is 0. The fraction of sp³-hybridized carbons (Fsp3) is 0.541. The fourth-order valence-electron chi connectivity index (χ4n) is 10.6. The minimum atomic E-state index is -0.700. The maximum atomic E-state index is 12.5. The molecule has 228 valence electrons. The molecule has 4 aliphatic carbocycles. The molecule has 7 atom stereocenters. The predicted molar refractivity (Wildman–Crippen MR) is 171 cm³/mol. The van der Waals surface area contributed by atoms with Crippen LogP contribution in [0.3, 0.4) is 0 Å². The summed E-state index contributed by atoms with van der Waals surface area (Å²) in [6.45, 7) is 13.6. The van der Waals surface area contributed by atoms with Gasteiger partial charge in [0.1, 0.15) is 0 Å². The highest BCUT2D eigenvalue weighted by Crippen LogP contribution is 2.75. The van der Waals surface area contributed by atoms with E-state index in [9.17, 15) is 20.1 Å². The van der Waals surface area contributed by atoms with Crippen LogP contribution >= 0.6 is 11.6 Å². The van der Waals surface area contributed by atoms with E-state index in [1.807, 2.05) is 32.0 Å². The summed E-state index contributed by atoms with van der Waals surface area (Å²) in [6, 6.07) is 7.77.